The molecule has 0 bridgehead atoms. The second-order valence-electron chi connectivity index (χ2n) is 5.55. The topological polar surface area (TPSA) is 77.1 Å². The summed E-state index contributed by atoms with van der Waals surface area (Å²) in [5.41, 5.74) is -1.01. The van der Waals surface area contributed by atoms with Gasteiger partial charge in [-0.25, -0.2) is 4.98 Å². The van der Waals surface area contributed by atoms with E-state index in [0.29, 0.717) is 25.3 Å². The molecule has 7 nitrogen and oxygen atoms in total. The van der Waals surface area contributed by atoms with Gasteiger partial charge in [0.25, 0.3) is 5.69 Å². The van der Waals surface area contributed by atoms with Gasteiger partial charge in [-0.15, -0.1) is 0 Å². The highest BCUT2D eigenvalue weighted by molar-refractivity contribution is 5.43. The number of rotatable bonds is 3. The van der Waals surface area contributed by atoms with Crippen molar-refractivity contribution in [2.75, 3.05) is 18.0 Å². The summed E-state index contributed by atoms with van der Waals surface area (Å²) in [4.78, 5) is 16.1. The molecule has 0 amide bonds. The maximum atomic E-state index is 12.7. The van der Waals surface area contributed by atoms with Gasteiger partial charge >= 0.3 is 6.18 Å². The van der Waals surface area contributed by atoms with Gasteiger partial charge in [-0.1, -0.05) is 0 Å². The smallest absolute Gasteiger partial charge is 0.354 e. The number of aromatic nitrogens is 3. The quantitative estimate of drug-likeness (QED) is 0.633. The number of nitrogens with zero attached hydrogens (tertiary/aromatic N) is 5. The van der Waals surface area contributed by atoms with Crippen LogP contribution in [0.2, 0.25) is 0 Å². The molecule has 0 aromatic carbocycles. The summed E-state index contributed by atoms with van der Waals surface area (Å²) < 4.78 is 39.3. The Kier molecular flexibility index (Phi) is 4.12. The lowest BCUT2D eigenvalue weighted by Crippen LogP contribution is -2.37. The van der Waals surface area contributed by atoms with Crippen molar-refractivity contribution in [1.29, 1.82) is 0 Å². The Morgan fingerprint density at radius 2 is 2.08 bits per heavy atom. The van der Waals surface area contributed by atoms with Crippen LogP contribution in [0.1, 0.15) is 24.6 Å². The Hall–Kier alpha value is -2.65. The summed E-state index contributed by atoms with van der Waals surface area (Å²) in [5.74, 6) is 0.563. The van der Waals surface area contributed by atoms with Gasteiger partial charge in [0.1, 0.15) is 12.0 Å². The van der Waals surface area contributed by atoms with Crippen LogP contribution >= 0.6 is 0 Å². The zero-order chi connectivity index (χ0) is 17.3. The third kappa shape index (κ3) is 3.31. The molecule has 128 valence electrons. The molecule has 0 aliphatic carbocycles. The Balaban J connectivity index is 1.74. The summed E-state index contributed by atoms with van der Waals surface area (Å²) in [6, 6.07) is 3.67. The standard InChI is InChI=1S/C14H14F3N5O2/c15-14(16,17)12-5-7-21(19-12)11-2-1-6-20(9-11)13-4-3-10(8-18-13)22(23)24/h3-5,7-8,11H,1-2,6,9H2/t11-/m0/s1. The number of piperidine rings is 1. The van der Waals surface area contributed by atoms with Crippen molar-refractivity contribution in [1.82, 2.24) is 14.8 Å². The van der Waals surface area contributed by atoms with Gasteiger partial charge in [-0.3, -0.25) is 14.8 Å². The number of halogens is 3. The molecule has 0 unspecified atom stereocenters. The van der Waals surface area contributed by atoms with Crippen LogP contribution in [0.5, 0.6) is 0 Å². The first-order valence-electron chi connectivity index (χ1n) is 7.32. The maximum absolute atomic E-state index is 12.7. The third-order valence-electron chi connectivity index (χ3n) is 3.94. The van der Waals surface area contributed by atoms with Crippen molar-refractivity contribution in [3.05, 3.63) is 46.4 Å². The molecule has 0 N–H and O–H groups in total. The monoisotopic (exact) mass is 341 g/mol. The number of pyridine rings is 1. The van der Waals surface area contributed by atoms with Gasteiger partial charge in [-0.2, -0.15) is 18.3 Å². The van der Waals surface area contributed by atoms with E-state index in [2.05, 4.69) is 10.1 Å². The van der Waals surface area contributed by atoms with E-state index in [0.717, 1.165) is 12.5 Å². The first-order chi connectivity index (χ1) is 11.3. The van der Waals surface area contributed by atoms with Crippen LogP contribution in [0, 0.1) is 10.1 Å². The Bertz CT molecular complexity index is 729. The van der Waals surface area contributed by atoms with Crippen molar-refractivity contribution in [2.24, 2.45) is 0 Å². The molecular formula is C14H14F3N5O2. The molecular weight excluding hydrogens is 327 g/mol. The van der Waals surface area contributed by atoms with E-state index in [-0.39, 0.29) is 11.7 Å². The first kappa shape index (κ1) is 16.2. The van der Waals surface area contributed by atoms with E-state index in [4.69, 9.17) is 0 Å². The summed E-state index contributed by atoms with van der Waals surface area (Å²) in [6.07, 6.45) is -0.471. The van der Waals surface area contributed by atoms with E-state index in [9.17, 15) is 23.3 Å². The van der Waals surface area contributed by atoms with Crippen LogP contribution in [0.25, 0.3) is 0 Å². The molecule has 1 fully saturated rings. The van der Waals surface area contributed by atoms with Crippen molar-refractivity contribution < 1.29 is 18.1 Å². The normalized spacial score (nSPS) is 18.6. The highest BCUT2D eigenvalue weighted by Crippen LogP contribution is 2.30. The molecule has 2 aromatic heterocycles. The van der Waals surface area contributed by atoms with E-state index >= 15 is 0 Å². The second kappa shape index (κ2) is 6.10. The Morgan fingerprint density at radius 3 is 2.67 bits per heavy atom. The van der Waals surface area contributed by atoms with Crippen molar-refractivity contribution in [2.45, 2.75) is 25.1 Å². The number of hydrogen-bond donors (Lipinski definition) is 0. The number of alkyl halides is 3. The van der Waals surface area contributed by atoms with Gasteiger partial charge in [0, 0.05) is 25.4 Å². The number of nitro groups is 1. The summed E-state index contributed by atoms with van der Waals surface area (Å²) >= 11 is 0. The average molecular weight is 341 g/mol. The minimum atomic E-state index is -4.46. The SMILES string of the molecule is O=[N+]([O-])c1ccc(N2CCC[C@H](n3ccc(C(F)(F)F)n3)C2)nc1. The zero-order valence-electron chi connectivity index (χ0n) is 12.5. The lowest BCUT2D eigenvalue weighted by Gasteiger charge is -2.33. The van der Waals surface area contributed by atoms with Crippen molar-refractivity contribution in [3.63, 3.8) is 0 Å². The van der Waals surface area contributed by atoms with Crippen LogP contribution in [0.4, 0.5) is 24.7 Å². The van der Waals surface area contributed by atoms with Crippen LogP contribution in [-0.4, -0.2) is 32.8 Å². The molecule has 3 rings (SSSR count). The molecule has 1 saturated heterocycles. The predicted octanol–water partition coefficient (Wildman–Crippen LogP) is 3.05. The maximum Gasteiger partial charge on any atom is 0.435 e. The van der Waals surface area contributed by atoms with Crippen molar-refractivity contribution in [3.8, 4) is 0 Å². The van der Waals surface area contributed by atoms with Gasteiger partial charge in [0.05, 0.1) is 11.0 Å². The van der Waals surface area contributed by atoms with E-state index in [1.54, 1.807) is 6.07 Å². The zero-order valence-corrected chi connectivity index (χ0v) is 12.5. The fourth-order valence-corrected chi connectivity index (χ4v) is 2.74. The summed E-state index contributed by atoms with van der Waals surface area (Å²) in [7, 11) is 0. The lowest BCUT2D eigenvalue weighted by atomic mass is 10.1. The highest BCUT2D eigenvalue weighted by atomic mass is 19.4. The molecule has 1 aliphatic rings. The Morgan fingerprint density at radius 1 is 1.29 bits per heavy atom. The van der Waals surface area contributed by atoms with Gasteiger partial charge in [0.2, 0.25) is 0 Å². The minimum absolute atomic E-state index is 0.103. The average Bonchev–Trinajstić information content (AvgIpc) is 3.05. The number of anilines is 1. The highest BCUT2D eigenvalue weighted by Gasteiger charge is 2.34. The minimum Gasteiger partial charge on any atom is -0.354 e. The molecule has 3 heterocycles. The fraction of sp³-hybridized carbons (Fsp3) is 0.429. The predicted molar refractivity (Wildman–Crippen MR) is 78.6 cm³/mol. The third-order valence-corrected chi connectivity index (χ3v) is 3.94. The first-order valence-corrected chi connectivity index (χ1v) is 7.32. The largest absolute Gasteiger partial charge is 0.435 e. The second-order valence-corrected chi connectivity index (χ2v) is 5.55. The van der Waals surface area contributed by atoms with Crippen LogP contribution in [0.15, 0.2) is 30.6 Å². The van der Waals surface area contributed by atoms with Crippen LogP contribution in [-0.2, 0) is 6.18 Å². The molecule has 0 saturated carbocycles. The van der Waals surface area contributed by atoms with E-state index < -0.39 is 16.8 Å². The molecule has 1 atom stereocenters. The molecule has 0 spiro atoms. The fourth-order valence-electron chi connectivity index (χ4n) is 2.74. The molecule has 2 aromatic rings. The van der Waals surface area contributed by atoms with E-state index in [1.807, 2.05) is 4.90 Å². The molecule has 24 heavy (non-hydrogen) atoms. The van der Waals surface area contributed by atoms with Gasteiger partial charge in [-0.05, 0) is 25.0 Å². The molecule has 1 aliphatic heterocycles. The number of hydrogen-bond acceptors (Lipinski definition) is 5. The van der Waals surface area contributed by atoms with E-state index in [1.165, 1.54) is 23.1 Å². The van der Waals surface area contributed by atoms with Crippen molar-refractivity contribution >= 4 is 11.5 Å². The van der Waals surface area contributed by atoms with Crippen LogP contribution < -0.4 is 4.90 Å². The molecule has 0 radical (unpaired) electrons. The molecule has 10 heteroatoms. The Labute approximate surface area is 134 Å². The van der Waals surface area contributed by atoms with Gasteiger partial charge in [0.15, 0.2) is 5.69 Å². The summed E-state index contributed by atoms with van der Waals surface area (Å²) in [5, 5.41) is 14.3. The summed E-state index contributed by atoms with van der Waals surface area (Å²) in [6.45, 7) is 1.14. The van der Waals surface area contributed by atoms with Crippen LogP contribution in [0.3, 0.4) is 0 Å². The lowest BCUT2D eigenvalue weighted by molar-refractivity contribution is -0.385. The van der Waals surface area contributed by atoms with Gasteiger partial charge < -0.3 is 4.90 Å².